The normalized spacial score (nSPS) is 24.4. The van der Waals surface area contributed by atoms with Crippen molar-refractivity contribution in [1.82, 2.24) is 5.32 Å². The molecule has 2 unspecified atom stereocenters. The Labute approximate surface area is 88.4 Å². The highest BCUT2D eigenvalue weighted by atomic mass is 16.5. The van der Waals surface area contributed by atoms with Crippen LogP contribution in [0, 0.1) is 5.92 Å². The van der Waals surface area contributed by atoms with Crippen molar-refractivity contribution >= 4 is 0 Å². The Morgan fingerprint density at radius 1 is 1.36 bits per heavy atom. The maximum Gasteiger partial charge on any atom is 0.0590 e. The monoisotopic (exact) mass is 199 g/mol. The van der Waals surface area contributed by atoms with Crippen LogP contribution in [-0.2, 0) is 4.74 Å². The van der Waals surface area contributed by atoms with Crippen LogP contribution in [0.5, 0.6) is 0 Å². The number of ether oxygens (including phenoxy) is 1. The van der Waals surface area contributed by atoms with Gasteiger partial charge in [-0.3, -0.25) is 0 Å². The second-order valence-electron chi connectivity index (χ2n) is 4.83. The van der Waals surface area contributed by atoms with E-state index in [1.54, 1.807) is 0 Å². The molecule has 0 aromatic heterocycles. The second kappa shape index (κ2) is 6.41. The fraction of sp³-hybridized carbons (Fsp3) is 1.00. The molecule has 0 aliphatic carbocycles. The Kier molecular flexibility index (Phi) is 5.49. The molecule has 1 saturated heterocycles. The Morgan fingerprint density at radius 2 is 2.14 bits per heavy atom. The molecule has 2 atom stereocenters. The van der Waals surface area contributed by atoms with Crippen LogP contribution < -0.4 is 5.32 Å². The quantitative estimate of drug-likeness (QED) is 0.710. The molecule has 1 fully saturated rings. The van der Waals surface area contributed by atoms with Gasteiger partial charge in [-0.25, -0.2) is 0 Å². The molecule has 0 aromatic carbocycles. The number of nitrogens with one attached hydrogen (secondary N) is 1. The van der Waals surface area contributed by atoms with Gasteiger partial charge in [0, 0.05) is 12.6 Å². The molecular weight excluding hydrogens is 174 g/mol. The highest BCUT2D eigenvalue weighted by Gasteiger charge is 2.19. The Hall–Kier alpha value is -0.0800. The summed E-state index contributed by atoms with van der Waals surface area (Å²) in [6, 6.07) is 0.653. The average molecular weight is 199 g/mol. The van der Waals surface area contributed by atoms with Crippen LogP contribution in [0.3, 0.4) is 0 Å². The third-order valence-electron chi connectivity index (χ3n) is 3.07. The zero-order valence-corrected chi connectivity index (χ0v) is 9.88. The summed E-state index contributed by atoms with van der Waals surface area (Å²) in [6.45, 7) is 5.56. The molecule has 0 radical (unpaired) electrons. The summed E-state index contributed by atoms with van der Waals surface area (Å²) >= 11 is 0. The van der Waals surface area contributed by atoms with Gasteiger partial charge in [0.05, 0.1) is 6.10 Å². The van der Waals surface area contributed by atoms with Crippen LogP contribution in [0.25, 0.3) is 0 Å². The fourth-order valence-corrected chi connectivity index (χ4v) is 2.06. The largest absolute Gasteiger partial charge is 0.378 e. The van der Waals surface area contributed by atoms with Crippen molar-refractivity contribution in [2.24, 2.45) is 5.92 Å². The van der Waals surface area contributed by atoms with Crippen molar-refractivity contribution in [1.29, 1.82) is 0 Å². The van der Waals surface area contributed by atoms with E-state index in [4.69, 9.17) is 4.74 Å². The highest BCUT2D eigenvalue weighted by Crippen LogP contribution is 2.19. The molecule has 1 aliphatic heterocycles. The minimum absolute atomic E-state index is 0.527. The van der Waals surface area contributed by atoms with Crippen LogP contribution >= 0.6 is 0 Å². The summed E-state index contributed by atoms with van der Waals surface area (Å²) in [5.74, 6) is 0.815. The van der Waals surface area contributed by atoms with Gasteiger partial charge in [-0.15, -0.1) is 0 Å². The molecule has 1 N–H and O–H groups in total. The van der Waals surface area contributed by atoms with E-state index in [2.05, 4.69) is 26.2 Å². The summed E-state index contributed by atoms with van der Waals surface area (Å²) < 4.78 is 5.65. The third-order valence-corrected chi connectivity index (χ3v) is 3.07. The first-order valence-electron chi connectivity index (χ1n) is 6.01. The molecule has 84 valence electrons. The third kappa shape index (κ3) is 4.43. The van der Waals surface area contributed by atoms with Gasteiger partial charge < -0.3 is 10.1 Å². The first-order chi connectivity index (χ1) is 6.72. The number of rotatable bonds is 6. The second-order valence-corrected chi connectivity index (χ2v) is 4.83. The van der Waals surface area contributed by atoms with Crippen molar-refractivity contribution in [3.63, 3.8) is 0 Å². The first kappa shape index (κ1) is 12.0. The smallest absolute Gasteiger partial charge is 0.0590 e. The van der Waals surface area contributed by atoms with E-state index in [0.29, 0.717) is 12.1 Å². The predicted molar refractivity (Wildman–Crippen MR) is 60.5 cm³/mol. The lowest BCUT2D eigenvalue weighted by atomic mass is 9.98. The van der Waals surface area contributed by atoms with E-state index in [-0.39, 0.29) is 0 Å². The van der Waals surface area contributed by atoms with E-state index in [0.717, 1.165) is 12.5 Å². The van der Waals surface area contributed by atoms with Crippen molar-refractivity contribution in [2.75, 3.05) is 13.7 Å². The molecule has 2 nitrogen and oxygen atoms in total. The molecule has 0 spiro atoms. The van der Waals surface area contributed by atoms with Crippen molar-refractivity contribution in [2.45, 2.75) is 58.1 Å². The van der Waals surface area contributed by atoms with Crippen molar-refractivity contribution in [3.05, 3.63) is 0 Å². The standard InChI is InChI=1S/C12H25NO/c1-10(2)6-7-11(13-3)9-12-5-4-8-14-12/h10-13H,4-9H2,1-3H3. The molecular formula is C12H25NO. The van der Waals surface area contributed by atoms with Crippen molar-refractivity contribution in [3.8, 4) is 0 Å². The van der Waals surface area contributed by atoms with Gasteiger partial charge in [0.25, 0.3) is 0 Å². The van der Waals surface area contributed by atoms with Gasteiger partial charge in [0.15, 0.2) is 0 Å². The Balaban J connectivity index is 2.16. The van der Waals surface area contributed by atoms with Gasteiger partial charge in [0.2, 0.25) is 0 Å². The molecule has 0 amide bonds. The Morgan fingerprint density at radius 3 is 2.64 bits per heavy atom. The first-order valence-corrected chi connectivity index (χ1v) is 6.01. The fourth-order valence-electron chi connectivity index (χ4n) is 2.06. The van der Waals surface area contributed by atoms with Crippen LogP contribution in [0.1, 0.15) is 46.0 Å². The highest BCUT2D eigenvalue weighted by molar-refractivity contribution is 4.74. The van der Waals surface area contributed by atoms with Gasteiger partial charge >= 0.3 is 0 Å². The number of hydrogen-bond donors (Lipinski definition) is 1. The summed E-state index contributed by atoms with van der Waals surface area (Å²) in [4.78, 5) is 0. The molecule has 1 aliphatic rings. The number of hydrogen-bond acceptors (Lipinski definition) is 2. The van der Waals surface area contributed by atoms with Gasteiger partial charge in [-0.2, -0.15) is 0 Å². The lowest BCUT2D eigenvalue weighted by molar-refractivity contribution is 0.0938. The average Bonchev–Trinajstić information content (AvgIpc) is 2.64. The minimum atomic E-state index is 0.527. The zero-order valence-electron chi connectivity index (χ0n) is 9.88. The minimum Gasteiger partial charge on any atom is -0.378 e. The van der Waals surface area contributed by atoms with Gasteiger partial charge in [-0.05, 0) is 45.1 Å². The SMILES string of the molecule is CNC(CCC(C)C)CC1CCCO1. The van der Waals surface area contributed by atoms with Crippen LogP contribution in [0.4, 0.5) is 0 Å². The van der Waals surface area contributed by atoms with E-state index >= 15 is 0 Å². The summed E-state index contributed by atoms with van der Waals surface area (Å²) in [7, 11) is 2.07. The Bertz CT molecular complexity index is 141. The lowest BCUT2D eigenvalue weighted by Crippen LogP contribution is -2.29. The molecule has 1 heterocycles. The van der Waals surface area contributed by atoms with E-state index in [1.807, 2.05) is 0 Å². The topological polar surface area (TPSA) is 21.3 Å². The molecule has 2 heteroatoms. The van der Waals surface area contributed by atoms with Crippen LogP contribution in [0.15, 0.2) is 0 Å². The summed E-state index contributed by atoms with van der Waals surface area (Å²) in [5.41, 5.74) is 0. The predicted octanol–water partition coefficient (Wildman–Crippen LogP) is 2.58. The van der Waals surface area contributed by atoms with E-state index in [9.17, 15) is 0 Å². The summed E-state index contributed by atoms with van der Waals surface area (Å²) in [6.07, 6.45) is 6.85. The molecule has 1 rings (SSSR count). The lowest BCUT2D eigenvalue weighted by Gasteiger charge is -2.20. The molecule has 0 saturated carbocycles. The van der Waals surface area contributed by atoms with Crippen LogP contribution in [0.2, 0.25) is 0 Å². The van der Waals surface area contributed by atoms with Crippen LogP contribution in [-0.4, -0.2) is 25.8 Å². The molecule has 0 aromatic rings. The zero-order chi connectivity index (χ0) is 10.4. The van der Waals surface area contributed by atoms with E-state index < -0.39 is 0 Å². The van der Waals surface area contributed by atoms with Gasteiger partial charge in [0.1, 0.15) is 0 Å². The molecule has 0 bridgehead atoms. The van der Waals surface area contributed by atoms with Gasteiger partial charge in [-0.1, -0.05) is 13.8 Å². The van der Waals surface area contributed by atoms with E-state index in [1.165, 1.54) is 32.1 Å². The maximum atomic E-state index is 5.65. The maximum absolute atomic E-state index is 5.65. The molecule has 14 heavy (non-hydrogen) atoms. The van der Waals surface area contributed by atoms with Crippen molar-refractivity contribution < 1.29 is 4.74 Å². The summed E-state index contributed by atoms with van der Waals surface area (Å²) in [5, 5.41) is 3.40.